The number of likely N-dealkylation sites (tertiary alicyclic amines) is 1. The highest BCUT2D eigenvalue weighted by molar-refractivity contribution is 14.0. The standard InChI is InChI=1S/C17H36N4.HI/c1-7-18-16(19-12-15-9-11-21(6)13-15)20-14(2)8-10-17(3,4)5;/h14-15H,7-13H2,1-6H3,(H2,18,19,20);1H. The van der Waals surface area contributed by atoms with Crippen molar-refractivity contribution in [1.82, 2.24) is 15.5 Å². The minimum atomic E-state index is 0. The highest BCUT2D eigenvalue weighted by Crippen LogP contribution is 2.21. The van der Waals surface area contributed by atoms with Crippen molar-refractivity contribution < 1.29 is 0 Å². The smallest absolute Gasteiger partial charge is 0.191 e. The van der Waals surface area contributed by atoms with E-state index in [2.05, 4.69) is 57.2 Å². The van der Waals surface area contributed by atoms with Gasteiger partial charge in [-0.2, -0.15) is 0 Å². The highest BCUT2D eigenvalue weighted by Gasteiger charge is 2.19. The molecule has 0 aliphatic carbocycles. The van der Waals surface area contributed by atoms with E-state index in [1.807, 2.05) is 0 Å². The number of guanidine groups is 1. The van der Waals surface area contributed by atoms with E-state index in [9.17, 15) is 0 Å². The topological polar surface area (TPSA) is 39.7 Å². The molecule has 0 spiro atoms. The quantitative estimate of drug-likeness (QED) is 0.391. The average Bonchev–Trinajstić information content (AvgIpc) is 2.79. The van der Waals surface area contributed by atoms with Crippen LogP contribution < -0.4 is 10.6 Å². The number of aliphatic imine (C=N–C) groups is 1. The molecular weight excluding hydrogens is 387 g/mol. The van der Waals surface area contributed by atoms with Gasteiger partial charge in [-0.1, -0.05) is 20.8 Å². The van der Waals surface area contributed by atoms with Crippen molar-refractivity contribution in [2.24, 2.45) is 16.3 Å². The fourth-order valence-electron chi connectivity index (χ4n) is 2.67. The zero-order valence-electron chi connectivity index (χ0n) is 15.4. The molecule has 0 aromatic heterocycles. The summed E-state index contributed by atoms with van der Waals surface area (Å²) in [6.07, 6.45) is 3.69. The summed E-state index contributed by atoms with van der Waals surface area (Å²) in [6.45, 7) is 15.5. The zero-order chi connectivity index (χ0) is 15.9. The van der Waals surface area contributed by atoms with Crippen LogP contribution in [-0.4, -0.2) is 50.1 Å². The monoisotopic (exact) mass is 424 g/mol. The summed E-state index contributed by atoms with van der Waals surface area (Å²) in [5, 5.41) is 6.92. The lowest BCUT2D eigenvalue weighted by Crippen LogP contribution is -2.42. The number of hydrogen-bond donors (Lipinski definition) is 2. The predicted octanol–water partition coefficient (Wildman–Crippen LogP) is 3.33. The first-order valence-corrected chi connectivity index (χ1v) is 8.53. The second kappa shape index (κ2) is 10.7. The Bertz CT molecular complexity index is 325. The van der Waals surface area contributed by atoms with Crippen molar-refractivity contribution in [3.63, 3.8) is 0 Å². The van der Waals surface area contributed by atoms with E-state index >= 15 is 0 Å². The number of halogens is 1. The van der Waals surface area contributed by atoms with E-state index in [4.69, 9.17) is 4.99 Å². The summed E-state index contributed by atoms with van der Waals surface area (Å²) in [7, 11) is 2.20. The van der Waals surface area contributed by atoms with Gasteiger partial charge in [-0.3, -0.25) is 4.99 Å². The van der Waals surface area contributed by atoms with Gasteiger partial charge in [0.2, 0.25) is 0 Å². The first kappa shape index (κ1) is 22.0. The van der Waals surface area contributed by atoms with Gasteiger partial charge in [0.05, 0.1) is 0 Å². The number of nitrogens with zero attached hydrogens (tertiary/aromatic N) is 2. The van der Waals surface area contributed by atoms with Gasteiger partial charge in [0, 0.05) is 25.7 Å². The van der Waals surface area contributed by atoms with Crippen LogP contribution in [0.15, 0.2) is 4.99 Å². The Morgan fingerprint density at radius 3 is 2.55 bits per heavy atom. The lowest BCUT2D eigenvalue weighted by molar-refractivity contribution is 0.346. The fourth-order valence-corrected chi connectivity index (χ4v) is 2.67. The van der Waals surface area contributed by atoms with Crippen LogP contribution in [0.3, 0.4) is 0 Å². The van der Waals surface area contributed by atoms with Gasteiger partial charge in [0.25, 0.3) is 0 Å². The molecule has 1 aliphatic heterocycles. The molecule has 1 heterocycles. The van der Waals surface area contributed by atoms with Gasteiger partial charge in [0.1, 0.15) is 0 Å². The van der Waals surface area contributed by atoms with Crippen molar-refractivity contribution in [2.75, 3.05) is 33.2 Å². The summed E-state index contributed by atoms with van der Waals surface area (Å²) in [5.41, 5.74) is 0.403. The maximum Gasteiger partial charge on any atom is 0.191 e. The third-order valence-corrected chi connectivity index (χ3v) is 4.05. The van der Waals surface area contributed by atoms with Crippen LogP contribution in [0.4, 0.5) is 0 Å². The van der Waals surface area contributed by atoms with Crippen molar-refractivity contribution in [1.29, 1.82) is 0 Å². The van der Waals surface area contributed by atoms with Gasteiger partial charge in [-0.25, -0.2) is 0 Å². The van der Waals surface area contributed by atoms with Crippen LogP contribution in [0, 0.1) is 11.3 Å². The molecule has 2 unspecified atom stereocenters. The molecule has 132 valence electrons. The van der Waals surface area contributed by atoms with E-state index in [-0.39, 0.29) is 24.0 Å². The molecule has 1 aliphatic rings. The van der Waals surface area contributed by atoms with Crippen molar-refractivity contribution in [3.05, 3.63) is 0 Å². The van der Waals surface area contributed by atoms with Crippen molar-refractivity contribution in [3.8, 4) is 0 Å². The molecule has 1 fully saturated rings. The second-order valence-electron chi connectivity index (χ2n) is 7.78. The minimum absolute atomic E-state index is 0. The van der Waals surface area contributed by atoms with Gasteiger partial charge < -0.3 is 15.5 Å². The molecular formula is C17H37IN4. The Morgan fingerprint density at radius 1 is 1.36 bits per heavy atom. The van der Waals surface area contributed by atoms with Gasteiger partial charge in [-0.05, 0) is 58.0 Å². The Morgan fingerprint density at radius 2 is 2.05 bits per heavy atom. The van der Waals surface area contributed by atoms with Crippen molar-refractivity contribution in [2.45, 2.75) is 59.9 Å². The second-order valence-corrected chi connectivity index (χ2v) is 7.78. The first-order valence-electron chi connectivity index (χ1n) is 8.53. The van der Waals surface area contributed by atoms with Crippen LogP contribution in [0.2, 0.25) is 0 Å². The zero-order valence-corrected chi connectivity index (χ0v) is 17.7. The third kappa shape index (κ3) is 9.87. The largest absolute Gasteiger partial charge is 0.357 e. The van der Waals surface area contributed by atoms with Crippen LogP contribution in [0.5, 0.6) is 0 Å². The molecule has 22 heavy (non-hydrogen) atoms. The molecule has 2 atom stereocenters. The van der Waals surface area contributed by atoms with Crippen LogP contribution in [-0.2, 0) is 0 Å². The SMILES string of the molecule is CCNC(=NCC1CCN(C)C1)NC(C)CCC(C)(C)C.I. The van der Waals surface area contributed by atoms with E-state index < -0.39 is 0 Å². The third-order valence-electron chi connectivity index (χ3n) is 4.05. The predicted molar refractivity (Wildman–Crippen MR) is 108 cm³/mol. The molecule has 5 heteroatoms. The first-order chi connectivity index (χ1) is 9.80. The molecule has 1 saturated heterocycles. The molecule has 2 N–H and O–H groups in total. The minimum Gasteiger partial charge on any atom is -0.357 e. The number of hydrogen-bond acceptors (Lipinski definition) is 2. The van der Waals surface area contributed by atoms with E-state index in [1.165, 1.54) is 32.4 Å². The number of nitrogens with one attached hydrogen (secondary N) is 2. The highest BCUT2D eigenvalue weighted by atomic mass is 127. The normalized spacial score (nSPS) is 21.4. The summed E-state index contributed by atoms with van der Waals surface area (Å²) in [4.78, 5) is 7.18. The summed E-state index contributed by atoms with van der Waals surface area (Å²) >= 11 is 0. The lowest BCUT2D eigenvalue weighted by atomic mass is 9.89. The maximum atomic E-state index is 4.78. The molecule has 4 nitrogen and oxygen atoms in total. The van der Waals surface area contributed by atoms with Gasteiger partial charge in [0.15, 0.2) is 5.96 Å². The van der Waals surface area contributed by atoms with Gasteiger partial charge >= 0.3 is 0 Å². The summed E-state index contributed by atoms with van der Waals surface area (Å²) in [5.74, 6) is 1.70. The Hall–Kier alpha value is -0.0400. The lowest BCUT2D eigenvalue weighted by Gasteiger charge is -2.23. The van der Waals surface area contributed by atoms with Crippen molar-refractivity contribution >= 4 is 29.9 Å². The molecule has 0 saturated carbocycles. The van der Waals surface area contributed by atoms with Crippen LogP contribution in [0.1, 0.15) is 53.9 Å². The molecule has 0 radical (unpaired) electrons. The molecule has 0 bridgehead atoms. The Kier molecular flexibility index (Phi) is 10.7. The molecule has 1 rings (SSSR count). The van der Waals surface area contributed by atoms with E-state index in [1.54, 1.807) is 0 Å². The molecule has 0 aromatic rings. The fraction of sp³-hybridized carbons (Fsp3) is 0.941. The Labute approximate surface area is 154 Å². The summed E-state index contributed by atoms with van der Waals surface area (Å²) in [6, 6.07) is 0.466. The Balaban J connectivity index is 0.00000441. The average molecular weight is 424 g/mol. The van der Waals surface area contributed by atoms with Crippen LogP contribution >= 0.6 is 24.0 Å². The van der Waals surface area contributed by atoms with Crippen LogP contribution in [0.25, 0.3) is 0 Å². The van der Waals surface area contributed by atoms with Gasteiger partial charge in [-0.15, -0.1) is 24.0 Å². The van der Waals surface area contributed by atoms with E-state index in [0.29, 0.717) is 11.5 Å². The molecule has 0 aromatic carbocycles. The number of rotatable bonds is 6. The summed E-state index contributed by atoms with van der Waals surface area (Å²) < 4.78 is 0. The van der Waals surface area contributed by atoms with E-state index in [0.717, 1.165) is 25.0 Å². The molecule has 0 amide bonds. The maximum absolute atomic E-state index is 4.78.